The molecule has 2 aromatic rings. The molecule has 0 aromatic heterocycles. The van der Waals surface area contributed by atoms with Crippen LogP contribution < -0.4 is 5.32 Å². The van der Waals surface area contributed by atoms with Crippen LogP contribution in [-0.4, -0.2) is 17.3 Å². The van der Waals surface area contributed by atoms with Crippen molar-refractivity contribution in [3.8, 4) is 0 Å². The zero-order valence-corrected chi connectivity index (χ0v) is 12.8. The number of aliphatic hydroxyl groups is 1. The van der Waals surface area contributed by atoms with Crippen LogP contribution in [0.5, 0.6) is 0 Å². The molecule has 4 heteroatoms. The predicted octanol–water partition coefficient (Wildman–Crippen LogP) is 3.21. The molecule has 0 heterocycles. The SMILES string of the molecule is C[C@@H](O)[C@@](C)(NC(=O)OCc1ccccc1)c1ccccc1. The van der Waals surface area contributed by atoms with Gasteiger partial charge in [-0.1, -0.05) is 60.7 Å². The fourth-order valence-corrected chi connectivity index (χ4v) is 2.17. The third-order valence-electron chi connectivity index (χ3n) is 3.78. The maximum absolute atomic E-state index is 12.1. The molecule has 0 saturated carbocycles. The van der Waals surface area contributed by atoms with Gasteiger partial charge < -0.3 is 15.2 Å². The Morgan fingerprint density at radius 1 is 1.14 bits per heavy atom. The molecule has 116 valence electrons. The molecule has 2 aromatic carbocycles. The Morgan fingerprint density at radius 2 is 1.68 bits per heavy atom. The quantitative estimate of drug-likeness (QED) is 0.891. The fraction of sp³-hybridized carbons (Fsp3) is 0.278. The maximum Gasteiger partial charge on any atom is 0.408 e. The smallest absolute Gasteiger partial charge is 0.408 e. The monoisotopic (exact) mass is 299 g/mol. The molecule has 1 amide bonds. The highest BCUT2D eigenvalue weighted by Gasteiger charge is 2.34. The molecule has 0 radical (unpaired) electrons. The molecule has 2 atom stereocenters. The molecule has 0 spiro atoms. The number of benzene rings is 2. The van der Waals surface area contributed by atoms with Gasteiger partial charge >= 0.3 is 6.09 Å². The first-order valence-electron chi connectivity index (χ1n) is 7.25. The van der Waals surface area contributed by atoms with E-state index in [1.807, 2.05) is 60.7 Å². The van der Waals surface area contributed by atoms with Crippen LogP contribution in [0.25, 0.3) is 0 Å². The van der Waals surface area contributed by atoms with Gasteiger partial charge in [-0.05, 0) is 25.0 Å². The maximum atomic E-state index is 12.1. The molecule has 0 aliphatic rings. The van der Waals surface area contributed by atoms with E-state index in [4.69, 9.17) is 4.74 Å². The van der Waals surface area contributed by atoms with E-state index in [1.54, 1.807) is 13.8 Å². The molecule has 22 heavy (non-hydrogen) atoms. The van der Waals surface area contributed by atoms with Crippen LogP contribution >= 0.6 is 0 Å². The molecule has 0 saturated heterocycles. The van der Waals surface area contributed by atoms with E-state index in [1.165, 1.54) is 0 Å². The average Bonchev–Trinajstić information content (AvgIpc) is 2.54. The molecule has 0 aliphatic heterocycles. The predicted molar refractivity (Wildman–Crippen MR) is 85.2 cm³/mol. The van der Waals surface area contributed by atoms with Crippen LogP contribution in [0.4, 0.5) is 4.79 Å². The molecule has 0 bridgehead atoms. The van der Waals surface area contributed by atoms with Crippen molar-refractivity contribution in [2.75, 3.05) is 0 Å². The Hall–Kier alpha value is -2.33. The molecule has 0 unspecified atom stereocenters. The summed E-state index contributed by atoms with van der Waals surface area (Å²) < 4.78 is 5.23. The zero-order chi connectivity index (χ0) is 16.0. The zero-order valence-electron chi connectivity index (χ0n) is 12.8. The van der Waals surface area contributed by atoms with E-state index >= 15 is 0 Å². The molecule has 0 fully saturated rings. The molecule has 2 rings (SSSR count). The summed E-state index contributed by atoms with van der Waals surface area (Å²) in [6, 6.07) is 18.8. The van der Waals surface area contributed by atoms with Crippen molar-refractivity contribution in [1.82, 2.24) is 5.32 Å². The molecule has 2 N–H and O–H groups in total. The van der Waals surface area contributed by atoms with Crippen LogP contribution in [-0.2, 0) is 16.9 Å². The third-order valence-corrected chi connectivity index (χ3v) is 3.78. The highest BCUT2D eigenvalue weighted by atomic mass is 16.5. The summed E-state index contributed by atoms with van der Waals surface area (Å²) in [5.74, 6) is 0. The number of aliphatic hydroxyl groups excluding tert-OH is 1. The molecular weight excluding hydrogens is 278 g/mol. The van der Waals surface area contributed by atoms with Crippen molar-refractivity contribution in [1.29, 1.82) is 0 Å². The summed E-state index contributed by atoms with van der Waals surface area (Å²) in [7, 11) is 0. The minimum Gasteiger partial charge on any atom is -0.445 e. The van der Waals surface area contributed by atoms with E-state index in [-0.39, 0.29) is 6.61 Å². The van der Waals surface area contributed by atoms with E-state index in [9.17, 15) is 9.90 Å². The average molecular weight is 299 g/mol. The number of ether oxygens (including phenoxy) is 1. The Balaban J connectivity index is 2.04. The normalized spacial score (nSPS) is 14.7. The topological polar surface area (TPSA) is 58.6 Å². The van der Waals surface area contributed by atoms with Crippen LogP contribution in [0, 0.1) is 0 Å². The minimum atomic E-state index is -0.908. The van der Waals surface area contributed by atoms with Gasteiger partial charge in [-0.3, -0.25) is 0 Å². The Kier molecular flexibility index (Phi) is 5.17. The van der Waals surface area contributed by atoms with Gasteiger partial charge in [0, 0.05) is 0 Å². The third kappa shape index (κ3) is 3.86. The number of nitrogens with one attached hydrogen (secondary N) is 1. The van der Waals surface area contributed by atoms with Crippen molar-refractivity contribution < 1.29 is 14.6 Å². The second-order valence-corrected chi connectivity index (χ2v) is 5.43. The summed E-state index contributed by atoms with van der Waals surface area (Å²) in [6.07, 6.45) is -1.32. The Labute approximate surface area is 130 Å². The van der Waals surface area contributed by atoms with Gasteiger partial charge in [-0.25, -0.2) is 4.79 Å². The van der Waals surface area contributed by atoms with E-state index in [0.29, 0.717) is 0 Å². The number of carbonyl (C=O) groups excluding carboxylic acids is 1. The first kappa shape index (κ1) is 16.0. The number of carbonyl (C=O) groups is 1. The summed E-state index contributed by atoms with van der Waals surface area (Å²) in [5.41, 5.74) is 0.826. The van der Waals surface area contributed by atoms with Gasteiger partial charge in [0.15, 0.2) is 0 Å². The number of hydrogen-bond acceptors (Lipinski definition) is 3. The second-order valence-electron chi connectivity index (χ2n) is 5.43. The largest absolute Gasteiger partial charge is 0.445 e. The van der Waals surface area contributed by atoms with Crippen molar-refractivity contribution >= 4 is 6.09 Å². The summed E-state index contributed by atoms with van der Waals surface area (Å²) >= 11 is 0. The lowest BCUT2D eigenvalue weighted by Crippen LogP contribution is -2.50. The number of alkyl carbamates (subject to hydrolysis) is 1. The number of rotatable bonds is 5. The minimum absolute atomic E-state index is 0.192. The molecular formula is C18H21NO3. The van der Waals surface area contributed by atoms with Crippen LogP contribution in [0.15, 0.2) is 60.7 Å². The van der Waals surface area contributed by atoms with Gasteiger partial charge in [0.1, 0.15) is 6.61 Å². The lowest BCUT2D eigenvalue weighted by molar-refractivity contribution is 0.0684. The lowest BCUT2D eigenvalue weighted by Gasteiger charge is -2.33. The summed E-state index contributed by atoms with van der Waals surface area (Å²) in [4.78, 5) is 12.1. The summed E-state index contributed by atoms with van der Waals surface area (Å²) in [5, 5.41) is 12.9. The van der Waals surface area contributed by atoms with Crippen molar-refractivity contribution in [3.05, 3.63) is 71.8 Å². The van der Waals surface area contributed by atoms with Crippen molar-refractivity contribution in [3.63, 3.8) is 0 Å². The summed E-state index contributed by atoms with van der Waals surface area (Å²) in [6.45, 7) is 3.61. The van der Waals surface area contributed by atoms with Gasteiger partial charge in [0.05, 0.1) is 11.6 Å². The lowest BCUT2D eigenvalue weighted by atomic mass is 9.87. The van der Waals surface area contributed by atoms with Crippen LogP contribution in [0.2, 0.25) is 0 Å². The van der Waals surface area contributed by atoms with Crippen molar-refractivity contribution in [2.24, 2.45) is 0 Å². The van der Waals surface area contributed by atoms with E-state index < -0.39 is 17.7 Å². The molecule has 0 aliphatic carbocycles. The van der Waals surface area contributed by atoms with E-state index in [0.717, 1.165) is 11.1 Å². The first-order chi connectivity index (χ1) is 10.5. The van der Waals surface area contributed by atoms with Crippen molar-refractivity contribution in [2.45, 2.75) is 32.1 Å². The van der Waals surface area contributed by atoms with Crippen LogP contribution in [0.3, 0.4) is 0 Å². The Morgan fingerprint density at radius 3 is 2.23 bits per heavy atom. The highest BCUT2D eigenvalue weighted by Crippen LogP contribution is 2.24. The standard InChI is InChI=1S/C18H21NO3/c1-14(20)18(2,16-11-7-4-8-12-16)19-17(21)22-13-15-9-5-3-6-10-15/h3-12,14,20H,13H2,1-2H3,(H,19,21)/t14-,18-/m1/s1. The van der Waals surface area contributed by atoms with Gasteiger partial charge in [-0.15, -0.1) is 0 Å². The molecule has 4 nitrogen and oxygen atoms in total. The van der Waals surface area contributed by atoms with Gasteiger partial charge in [-0.2, -0.15) is 0 Å². The van der Waals surface area contributed by atoms with Gasteiger partial charge in [0.2, 0.25) is 0 Å². The highest BCUT2D eigenvalue weighted by molar-refractivity contribution is 5.68. The number of amides is 1. The van der Waals surface area contributed by atoms with Crippen LogP contribution in [0.1, 0.15) is 25.0 Å². The van der Waals surface area contributed by atoms with Gasteiger partial charge in [0.25, 0.3) is 0 Å². The fourth-order valence-electron chi connectivity index (χ4n) is 2.17. The Bertz CT molecular complexity index is 598. The second kappa shape index (κ2) is 7.09. The first-order valence-corrected chi connectivity index (χ1v) is 7.25. The van der Waals surface area contributed by atoms with E-state index in [2.05, 4.69) is 5.32 Å². The number of hydrogen-bond donors (Lipinski definition) is 2.